The molecule has 43 heavy (non-hydrogen) atoms. The van der Waals surface area contributed by atoms with Crippen molar-refractivity contribution in [2.45, 2.75) is 46.6 Å². The fraction of sp³-hybridized carbons (Fsp3) is 0.367. The molecule has 0 saturated heterocycles. The number of benzene rings is 1. The van der Waals surface area contributed by atoms with Crippen molar-refractivity contribution in [2.24, 2.45) is 11.8 Å². The van der Waals surface area contributed by atoms with Crippen molar-refractivity contribution in [3.05, 3.63) is 67.5 Å². The van der Waals surface area contributed by atoms with E-state index in [0.29, 0.717) is 23.4 Å². The Hall–Kier alpha value is -2.78. The van der Waals surface area contributed by atoms with E-state index in [0.717, 1.165) is 73.0 Å². The smallest absolute Gasteiger partial charge is 0.251 e. The van der Waals surface area contributed by atoms with Crippen LogP contribution >= 0.6 is 54.5 Å². The number of imidazole rings is 2. The number of nitrogens with zero attached hydrogens (tertiary/aromatic N) is 6. The molecule has 1 aromatic carbocycles. The molecule has 1 aliphatic rings. The third-order valence-electron chi connectivity index (χ3n) is 6.59. The van der Waals surface area contributed by atoms with E-state index < -0.39 is 0 Å². The lowest BCUT2D eigenvalue weighted by molar-refractivity contribution is 0.0951. The Kier molecular flexibility index (Phi) is 10.2. The second kappa shape index (κ2) is 13.9. The predicted molar refractivity (Wildman–Crippen MR) is 187 cm³/mol. The first kappa shape index (κ1) is 31.6. The highest BCUT2D eigenvalue weighted by molar-refractivity contribution is 14.1. The van der Waals surface area contributed by atoms with Crippen molar-refractivity contribution in [1.29, 1.82) is 0 Å². The van der Waals surface area contributed by atoms with E-state index in [1.54, 1.807) is 0 Å². The van der Waals surface area contributed by atoms with Crippen LogP contribution in [-0.4, -0.2) is 53.8 Å². The molecule has 10 nitrogen and oxygen atoms in total. The normalized spacial score (nSPS) is 13.0. The van der Waals surface area contributed by atoms with Gasteiger partial charge in [-0.1, -0.05) is 39.8 Å². The van der Waals surface area contributed by atoms with Crippen LogP contribution in [0, 0.1) is 15.5 Å². The average Bonchev–Trinajstić information content (AvgIpc) is 3.56. The Morgan fingerprint density at radius 1 is 0.884 bits per heavy atom. The van der Waals surface area contributed by atoms with Gasteiger partial charge in [0.2, 0.25) is 0 Å². The molecule has 0 radical (unpaired) electrons. The minimum absolute atomic E-state index is 0.00527. The second-order valence-corrected chi connectivity index (χ2v) is 14.0. The largest absolute Gasteiger partial charge is 0.367 e. The number of nitrogens with one attached hydrogen (secondary N) is 3. The molecule has 0 unspecified atom stereocenters. The highest BCUT2D eigenvalue weighted by Crippen LogP contribution is 2.27. The van der Waals surface area contributed by atoms with Crippen molar-refractivity contribution in [3.8, 4) is 11.3 Å². The van der Waals surface area contributed by atoms with Gasteiger partial charge in [0.05, 0.1) is 18.1 Å². The zero-order valence-electron chi connectivity index (χ0n) is 24.4. The summed E-state index contributed by atoms with van der Waals surface area (Å²) in [6.45, 7) is 10.4. The van der Waals surface area contributed by atoms with E-state index in [1.807, 2.05) is 57.9 Å². The summed E-state index contributed by atoms with van der Waals surface area (Å²) in [5, 5.41) is 9.69. The summed E-state index contributed by atoms with van der Waals surface area (Å²) in [6, 6.07) is 8.00. The number of amides is 1. The first-order valence-corrected chi connectivity index (χ1v) is 16.9. The summed E-state index contributed by atoms with van der Waals surface area (Å²) in [5.74, 6) is 2.66. The van der Waals surface area contributed by atoms with Crippen LogP contribution in [0.2, 0.25) is 0 Å². The van der Waals surface area contributed by atoms with Gasteiger partial charge in [-0.25, -0.2) is 19.9 Å². The van der Waals surface area contributed by atoms with E-state index >= 15 is 0 Å². The van der Waals surface area contributed by atoms with Crippen molar-refractivity contribution >= 4 is 83.3 Å². The topological polar surface area (TPSA) is 114 Å². The molecule has 0 spiro atoms. The third-order valence-corrected chi connectivity index (χ3v) is 8.15. The summed E-state index contributed by atoms with van der Waals surface area (Å²) in [4.78, 5) is 30.0. The maximum Gasteiger partial charge on any atom is 0.251 e. The lowest BCUT2D eigenvalue weighted by atomic mass is 10.1. The van der Waals surface area contributed by atoms with Crippen molar-refractivity contribution in [3.63, 3.8) is 0 Å². The molecule has 4 aromatic heterocycles. The lowest BCUT2D eigenvalue weighted by Gasteiger charge is -2.11. The molecule has 1 fully saturated rings. The van der Waals surface area contributed by atoms with Crippen molar-refractivity contribution in [1.82, 2.24) is 34.1 Å². The molecule has 1 aliphatic carbocycles. The van der Waals surface area contributed by atoms with Gasteiger partial charge < -0.3 is 16.0 Å². The summed E-state index contributed by atoms with van der Waals surface area (Å²) < 4.78 is 6.64. The Morgan fingerprint density at radius 3 is 1.98 bits per heavy atom. The maximum absolute atomic E-state index is 12.2. The van der Waals surface area contributed by atoms with Crippen LogP contribution < -0.4 is 16.0 Å². The van der Waals surface area contributed by atoms with Crippen LogP contribution in [0.1, 0.15) is 50.9 Å². The number of carbonyl (C=O) groups excluding carboxylic acids is 1. The highest BCUT2D eigenvalue weighted by atomic mass is 127. The molecule has 0 bridgehead atoms. The zero-order valence-corrected chi connectivity index (χ0v) is 29.7. The van der Waals surface area contributed by atoms with Crippen LogP contribution in [-0.2, 0) is 0 Å². The number of fused-ring (bicyclic) bond motifs is 2. The van der Waals surface area contributed by atoms with Gasteiger partial charge in [0.25, 0.3) is 5.91 Å². The van der Waals surface area contributed by atoms with Crippen molar-refractivity contribution in [2.75, 3.05) is 23.7 Å². The molecule has 1 saturated carbocycles. The Morgan fingerprint density at radius 2 is 1.42 bits per heavy atom. The van der Waals surface area contributed by atoms with Crippen LogP contribution in [0.25, 0.3) is 22.6 Å². The number of anilines is 2. The minimum Gasteiger partial charge on any atom is -0.367 e. The van der Waals surface area contributed by atoms with Gasteiger partial charge in [-0.05, 0) is 91.3 Å². The Bertz CT molecular complexity index is 1730. The second-order valence-electron chi connectivity index (χ2n) is 11.3. The molecule has 13 heteroatoms. The molecule has 226 valence electrons. The van der Waals surface area contributed by atoms with E-state index in [2.05, 4.69) is 118 Å². The van der Waals surface area contributed by atoms with Crippen LogP contribution in [0.15, 0.2) is 58.3 Å². The third kappa shape index (κ3) is 8.04. The van der Waals surface area contributed by atoms with Crippen molar-refractivity contribution < 1.29 is 4.79 Å². The first-order valence-electron chi connectivity index (χ1n) is 14.2. The number of hydrogen-bond acceptors (Lipinski definition) is 7. The van der Waals surface area contributed by atoms with E-state index in [4.69, 9.17) is 0 Å². The van der Waals surface area contributed by atoms with E-state index in [-0.39, 0.29) is 5.91 Å². The number of carbonyl (C=O) groups is 1. The summed E-state index contributed by atoms with van der Waals surface area (Å²) in [7, 11) is 0. The number of hydrogen-bond donors (Lipinski definition) is 3. The minimum atomic E-state index is -0.00527. The lowest BCUT2D eigenvalue weighted by Crippen LogP contribution is -2.25. The fourth-order valence-corrected chi connectivity index (χ4v) is 5.50. The molecule has 0 aliphatic heterocycles. The zero-order chi connectivity index (χ0) is 30.7. The molecule has 5 aromatic rings. The van der Waals surface area contributed by atoms with Gasteiger partial charge in [0.1, 0.15) is 12.9 Å². The van der Waals surface area contributed by atoms with Crippen LogP contribution in [0.5, 0.6) is 0 Å². The van der Waals surface area contributed by atoms with Gasteiger partial charge in [0, 0.05) is 42.7 Å². The number of aromatic nitrogens is 6. The maximum atomic E-state index is 12.2. The molecular formula is C30H34Br2IN9O. The summed E-state index contributed by atoms with van der Waals surface area (Å²) in [6.07, 6.45) is 9.67. The van der Waals surface area contributed by atoms with Gasteiger partial charge in [0.15, 0.2) is 22.9 Å². The Balaban J connectivity index is 0.000000196. The summed E-state index contributed by atoms with van der Waals surface area (Å²) in [5.41, 5.74) is 4.28. The van der Waals surface area contributed by atoms with Crippen LogP contribution in [0.3, 0.4) is 0 Å². The van der Waals surface area contributed by atoms with Gasteiger partial charge in [-0.3, -0.25) is 13.6 Å². The molecular weight excluding hydrogens is 789 g/mol. The molecule has 0 atom stereocenters. The predicted octanol–water partition coefficient (Wildman–Crippen LogP) is 7.28. The fourth-order valence-electron chi connectivity index (χ4n) is 4.23. The van der Waals surface area contributed by atoms with Gasteiger partial charge >= 0.3 is 0 Å². The molecule has 1 amide bonds. The molecule has 6 rings (SSSR count). The first-order chi connectivity index (χ1) is 20.6. The van der Waals surface area contributed by atoms with Gasteiger partial charge in [-0.15, -0.1) is 0 Å². The van der Waals surface area contributed by atoms with E-state index in [9.17, 15) is 4.79 Å². The average molecular weight is 823 g/mol. The number of halogens is 3. The molecule has 3 N–H and O–H groups in total. The highest BCUT2D eigenvalue weighted by Gasteiger charge is 2.23. The van der Waals surface area contributed by atoms with E-state index in [1.165, 1.54) is 0 Å². The van der Waals surface area contributed by atoms with Gasteiger partial charge in [-0.2, -0.15) is 0 Å². The van der Waals surface area contributed by atoms with Crippen LogP contribution in [0.4, 0.5) is 11.6 Å². The monoisotopic (exact) mass is 821 g/mol. The molecule has 4 heterocycles. The number of rotatable bonds is 9. The Labute approximate surface area is 281 Å². The standard InChI is InChI=1S/C20H22BrN5O.C10H12BrIN4/c1-12(2)9-22-18-19-23-10-16(26(19)11-17(21)25-18)13-3-5-14(6-4-13)20(27)24-15-7-8-15;1-6(2)3-13-9-10-14-4-8(12)16(10)5-7(11)15-9/h3-6,10-12,15H,7-9H2,1-2H3,(H,22,25)(H,24,27);4-6H,3H2,1-2H3,(H,13,15). The SMILES string of the molecule is CC(C)CNc1nc(Br)cn2c(-c3ccc(C(=O)NC4CC4)cc3)cnc12.CC(C)CNc1nc(Br)cn2c(I)cnc12. The summed E-state index contributed by atoms with van der Waals surface area (Å²) >= 11 is 9.15. The quantitative estimate of drug-likeness (QED) is 0.134.